The fraction of sp³-hybridized carbons (Fsp3) is 0.0704. The number of para-hydroxylation sites is 2. The number of fused-ring (bicyclic) bond motifs is 18. The summed E-state index contributed by atoms with van der Waals surface area (Å²) in [6.07, 6.45) is 0. The number of anilines is 3. The summed E-state index contributed by atoms with van der Waals surface area (Å²) in [4.78, 5) is 2.58. The van der Waals surface area contributed by atoms with E-state index in [4.69, 9.17) is 0 Å². The zero-order valence-electron chi connectivity index (χ0n) is 40.6. The smallest absolute Gasteiger partial charge is 0.0754 e. The van der Waals surface area contributed by atoms with Gasteiger partial charge in [0.2, 0.25) is 0 Å². The first-order valence-corrected chi connectivity index (χ1v) is 25.8. The molecule has 0 saturated carbocycles. The number of rotatable bonds is 5. The summed E-state index contributed by atoms with van der Waals surface area (Å²) in [5.74, 6) is 0. The minimum absolute atomic E-state index is 0.182. The molecule has 11 aromatic carbocycles. The average Bonchev–Trinajstić information content (AvgIpc) is 4.16. The molecule has 0 amide bonds. The van der Waals surface area contributed by atoms with Gasteiger partial charge in [-0.2, -0.15) is 0 Å². The van der Waals surface area contributed by atoms with Crippen LogP contribution in [0.1, 0.15) is 69.5 Å². The Balaban J connectivity index is 0.994. The van der Waals surface area contributed by atoms with Crippen LogP contribution < -0.4 is 4.90 Å². The van der Waals surface area contributed by atoms with Gasteiger partial charge in [-0.15, -0.1) is 0 Å². The Morgan fingerprint density at radius 1 is 0.329 bits per heavy atom. The second kappa shape index (κ2) is 14.6. The van der Waals surface area contributed by atoms with Crippen LogP contribution in [0.25, 0.3) is 60.9 Å². The predicted molar refractivity (Wildman–Crippen MR) is 301 cm³/mol. The average molecular weight is 929 g/mol. The molecule has 0 N–H and O–H groups in total. The molecular weight excluding hydrogens is 881 g/mol. The molecule has 12 aromatic rings. The third-order valence-corrected chi connectivity index (χ3v) is 17.5. The highest BCUT2D eigenvalue weighted by molar-refractivity contribution is 6.14. The molecule has 0 unspecified atom stereocenters. The van der Waals surface area contributed by atoms with E-state index in [-0.39, 0.29) is 5.41 Å². The van der Waals surface area contributed by atoms with Crippen LogP contribution in [-0.4, -0.2) is 4.57 Å². The summed E-state index contributed by atoms with van der Waals surface area (Å²) < 4.78 is 2.57. The van der Waals surface area contributed by atoms with Crippen LogP contribution in [0.4, 0.5) is 17.1 Å². The Bertz CT molecular complexity index is 4220. The van der Waals surface area contributed by atoms with E-state index in [9.17, 15) is 0 Å². The molecule has 73 heavy (non-hydrogen) atoms. The molecule has 0 fully saturated rings. The van der Waals surface area contributed by atoms with E-state index in [2.05, 4.69) is 278 Å². The quantitative estimate of drug-likeness (QED) is 0.167. The number of aromatic nitrogens is 1. The van der Waals surface area contributed by atoms with Crippen molar-refractivity contribution in [1.82, 2.24) is 4.57 Å². The van der Waals surface area contributed by atoms with Crippen molar-refractivity contribution in [3.8, 4) is 39.1 Å². The molecule has 3 aliphatic carbocycles. The van der Waals surface area contributed by atoms with Gasteiger partial charge in [-0.25, -0.2) is 0 Å². The zero-order chi connectivity index (χ0) is 48.2. The summed E-state index contributed by atoms with van der Waals surface area (Å²) in [6.45, 7) is 4.78. The Morgan fingerprint density at radius 3 is 1.51 bits per heavy atom. The topological polar surface area (TPSA) is 8.17 Å². The van der Waals surface area contributed by atoms with E-state index in [1.54, 1.807) is 0 Å². The molecule has 342 valence electrons. The van der Waals surface area contributed by atoms with Gasteiger partial charge >= 0.3 is 0 Å². The van der Waals surface area contributed by atoms with Crippen LogP contribution >= 0.6 is 0 Å². The van der Waals surface area contributed by atoms with Crippen molar-refractivity contribution < 1.29 is 0 Å². The minimum Gasteiger partial charge on any atom is -0.310 e. The van der Waals surface area contributed by atoms with Crippen LogP contribution in [0.15, 0.2) is 255 Å². The van der Waals surface area contributed by atoms with Gasteiger partial charge in [0.25, 0.3) is 0 Å². The highest BCUT2D eigenvalue weighted by atomic mass is 15.1. The number of hydrogen-bond acceptors (Lipinski definition) is 1. The van der Waals surface area contributed by atoms with Gasteiger partial charge in [0.1, 0.15) is 0 Å². The number of benzene rings is 11. The third kappa shape index (κ3) is 5.03. The summed E-state index contributed by atoms with van der Waals surface area (Å²) in [7, 11) is 0. The monoisotopic (exact) mass is 928 g/mol. The molecular formula is C71H48N2. The Kier molecular flexibility index (Phi) is 8.12. The molecule has 4 aliphatic rings. The molecule has 16 rings (SSSR count). The molecule has 0 bridgehead atoms. The van der Waals surface area contributed by atoms with Gasteiger partial charge < -0.3 is 9.47 Å². The molecule has 0 atom stereocenters. The van der Waals surface area contributed by atoms with Gasteiger partial charge in [-0.3, -0.25) is 0 Å². The maximum absolute atomic E-state index is 2.58. The Morgan fingerprint density at radius 2 is 0.822 bits per heavy atom. The first kappa shape index (κ1) is 40.7. The molecule has 0 saturated heterocycles. The van der Waals surface area contributed by atoms with E-state index in [1.807, 2.05) is 0 Å². The van der Waals surface area contributed by atoms with Crippen molar-refractivity contribution in [3.05, 3.63) is 310 Å². The molecule has 1 aliphatic heterocycles. The summed E-state index contributed by atoms with van der Waals surface area (Å²) >= 11 is 0. The van der Waals surface area contributed by atoms with Gasteiger partial charge in [0.05, 0.1) is 33.2 Å². The number of nitrogens with zero attached hydrogens (tertiary/aromatic N) is 2. The van der Waals surface area contributed by atoms with E-state index in [1.165, 1.54) is 117 Å². The second-order valence-electron chi connectivity index (χ2n) is 21.1. The zero-order valence-corrected chi connectivity index (χ0v) is 40.6. The van der Waals surface area contributed by atoms with E-state index in [0.29, 0.717) is 0 Å². The second-order valence-corrected chi connectivity index (χ2v) is 21.1. The number of hydrogen-bond donors (Lipinski definition) is 0. The van der Waals surface area contributed by atoms with Gasteiger partial charge in [-0.1, -0.05) is 226 Å². The lowest BCUT2D eigenvalue weighted by Crippen LogP contribution is -2.33. The summed E-state index contributed by atoms with van der Waals surface area (Å²) in [5, 5.41) is 2.49. The maximum atomic E-state index is 2.58. The highest BCUT2D eigenvalue weighted by Gasteiger charge is 2.51. The lowest BCUT2D eigenvalue weighted by molar-refractivity contribution is 0.660. The van der Waals surface area contributed by atoms with Gasteiger partial charge in [-0.05, 0) is 126 Å². The molecule has 1 spiro atoms. The highest BCUT2D eigenvalue weighted by Crippen LogP contribution is 2.63. The largest absolute Gasteiger partial charge is 0.310 e. The van der Waals surface area contributed by atoms with Gasteiger partial charge in [0.15, 0.2) is 0 Å². The molecule has 2 heterocycles. The lowest BCUT2D eigenvalue weighted by atomic mass is 9.65. The van der Waals surface area contributed by atoms with Crippen LogP contribution in [0.5, 0.6) is 0 Å². The normalized spacial score (nSPS) is 15.0. The predicted octanol–water partition coefficient (Wildman–Crippen LogP) is 17.6. The van der Waals surface area contributed by atoms with E-state index >= 15 is 0 Å². The Labute approximate surface area is 425 Å². The van der Waals surface area contributed by atoms with Crippen molar-refractivity contribution in [3.63, 3.8) is 0 Å². The molecule has 2 heteroatoms. The molecule has 2 nitrogen and oxygen atoms in total. The van der Waals surface area contributed by atoms with Crippen LogP contribution in [-0.2, 0) is 16.2 Å². The van der Waals surface area contributed by atoms with Crippen molar-refractivity contribution in [1.29, 1.82) is 0 Å². The van der Waals surface area contributed by atoms with E-state index < -0.39 is 10.8 Å². The Hall–Kier alpha value is -8.98. The SMILES string of the molecule is CC1(C)c2ccccc2-c2ccc(N(c3ccc4c(c3)c3cccc5c3n4-c3ccccc3C53c4ccccc4-c4ccccc43)c3cccc4c3-c3ccccc3C4(c3ccccc3)c3ccccc3)cc21. The van der Waals surface area contributed by atoms with Gasteiger partial charge in [0, 0.05) is 33.1 Å². The standard InChI is InChI=1S/C71H48N2/c1-69(2)56-30-13-9-25-49(56)52-41-39-48(44-63(52)69)72(66-38-20-35-61-67(66)54-28-12-16-33-59(54)70(61,45-21-5-3-6-22-45)46-23-7-4-8-24-46)47-40-42-64-55(43-47)53-29-19-36-62-68(53)73(64)65-37-18-17-34-60(65)71(62)57-31-14-10-26-50(57)51-27-11-15-32-58(51)71/h3-44H,1-2H3. The molecule has 0 radical (unpaired) electrons. The molecule has 1 aromatic heterocycles. The summed E-state index contributed by atoms with van der Waals surface area (Å²) in [5.41, 5.74) is 26.9. The van der Waals surface area contributed by atoms with Crippen molar-refractivity contribution in [2.75, 3.05) is 4.90 Å². The maximum Gasteiger partial charge on any atom is 0.0754 e. The fourth-order valence-corrected chi connectivity index (χ4v) is 14.6. The van der Waals surface area contributed by atoms with Crippen molar-refractivity contribution in [2.24, 2.45) is 0 Å². The van der Waals surface area contributed by atoms with E-state index in [0.717, 1.165) is 17.1 Å². The first-order valence-electron chi connectivity index (χ1n) is 25.8. The van der Waals surface area contributed by atoms with Crippen LogP contribution in [0.2, 0.25) is 0 Å². The first-order chi connectivity index (χ1) is 36.0. The van der Waals surface area contributed by atoms with Crippen molar-refractivity contribution >= 4 is 38.9 Å². The van der Waals surface area contributed by atoms with Crippen LogP contribution in [0.3, 0.4) is 0 Å². The lowest BCUT2D eigenvalue weighted by Gasteiger charge is -2.39. The fourth-order valence-electron chi connectivity index (χ4n) is 14.6. The van der Waals surface area contributed by atoms with Crippen molar-refractivity contribution in [2.45, 2.75) is 30.1 Å². The summed E-state index contributed by atoms with van der Waals surface area (Å²) in [6, 6.07) is 96.5. The minimum atomic E-state index is -0.540. The third-order valence-electron chi connectivity index (χ3n) is 17.5. The van der Waals surface area contributed by atoms with Crippen LogP contribution in [0, 0.1) is 0 Å².